The van der Waals surface area contributed by atoms with Gasteiger partial charge in [0.15, 0.2) is 0 Å². The Hall–Kier alpha value is -4.04. The number of sulfonamides is 1. The Kier molecular flexibility index (Phi) is 7.48. The zero-order chi connectivity index (χ0) is 27.5. The number of hydrogen-bond acceptors (Lipinski definition) is 6. The van der Waals surface area contributed by atoms with Gasteiger partial charge in [-0.15, -0.1) is 0 Å². The first-order chi connectivity index (χ1) is 18.8. The van der Waals surface area contributed by atoms with E-state index in [1.165, 1.54) is 22.5 Å². The van der Waals surface area contributed by atoms with Crippen LogP contribution in [0.2, 0.25) is 0 Å². The van der Waals surface area contributed by atoms with Crippen molar-refractivity contribution >= 4 is 25.9 Å². The predicted octanol–water partition coefficient (Wildman–Crippen LogP) is 5.05. The van der Waals surface area contributed by atoms with E-state index in [1.54, 1.807) is 53.3 Å². The normalized spacial score (nSPS) is 15.1. The molecule has 39 heavy (non-hydrogen) atoms. The summed E-state index contributed by atoms with van der Waals surface area (Å²) in [5.41, 5.74) is 1.93. The first kappa shape index (κ1) is 26.6. The van der Waals surface area contributed by atoms with Gasteiger partial charge in [-0.1, -0.05) is 55.0 Å². The number of hydrogen-bond donors (Lipinski definition) is 0. The van der Waals surface area contributed by atoms with Gasteiger partial charge in [-0.05, 0) is 55.3 Å². The summed E-state index contributed by atoms with van der Waals surface area (Å²) in [6.07, 6.45) is 5.57. The minimum absolute atomic E-state index is 0.00410. The van der Waals surface area contributed by atoms with Crippen molar-refractivity contribution in [2.45, 2.75) is 29.1 Å². The summed E-state index contributed by atoms with van der Waals surface area (Å²) in [7, 11) is -7.79. The largest absolute Gasteiger partial charge is 0.243 e. The molecule has 0 aliphatic carbocycles. The third-order valence-corrected chi connectivity index (χ3v) is 10.1. The molecule has 1 aliphatic rings. The second kappa shape index (κ2) is 11.0. The molecule has 198 valence electrons. The molecule has 5 rings (SSSR count). The Bertz CT molecular complexity index is 1770. The highest BCUT2D eigenvalue weighted by Crippen LogP contribution is 2.31. The number of aromatic nitrogens is 2. The van der Waals surface area contributed by atoms with Crippen LogP contribution >= 0.6 is 0 Å². The summed E-state index contributed by atoms with van der Waals surface area (Å²) >= 11 is 0. The van der Waals surface area contributed by atoms with Crippen LogP contribution in [0.5, 0.6) is 0 Å². The average molecular weight is 559 g/mol. The topological polar surface area (TPSA) is 113 Å². The van der Waals surface area contributed by atoms with Crippen molar-refractivity contribution in [3.63, 3.8) is 0 Å². The van der Waals surface area contributed by atoms with Crippen LogP contribution in [0, 0.1) is 11.3 Å². The smallest absolute Gasteiger partial charge is 0.240 e. The molecular weight excluding hydrogens is 532 g/mol. The fourth-order valence-electron chi connectivity index (χ4n) is 4.53. The van der Waals surface area contributed by atoms with Crippen LogP contribution in [0.15, 0.2) is 106 Å². The zero-order valence-corrected chi connectivity index (χ0v) is 22.6. The van der Waals surface area contributed by atoms with Crippen molar-refractivity contribution in [3.05, 3.63) is 102 Å². The van der Waals surface area contributed by atoms with Gasteiger partial charge in [-0.2, -0.15) is 14.7 Å². The van der Waals surface area contributed by atoms with E-state index in [4.69, 9.17) is 0 Å². The summed E-state index contributed by atoms with van der Waals surface area (Å²) in [4.78, 5) is -0.299. The molecule has 8 nitrogen and oxygen atoms in total. The van der Waals surface area contributed by atoms with Crippen molar-refractivity contribution in [2.24, 2.45) is 0 Å². The van der Waals surface area contributed by atoms with Crippen LogP contribution in [0.25, 0.3) is 23.0 Å². The number of rotatable bonds is 7. The van der Waals surface area contributed by atoms with E-state index in [1.807, 2.05) is 36.4 Å². The van der Waals surface area contributed by atoms with Crippen LogP contribution in [0.1, 0.15) is 24.8 Å². The molecule has 0 atom stereocenters. The third kappa shape index (κ3) is 5.43. The van der Waals surface area contributed by atoms with Gasteiger partial charge < -0.3 is 0 Å². The lowest BCUT2D eigenvalue weighted by Crippen LogP contribution is -2.35. The number of benzene rings is 3. The molecule has 4 aromatic rings. The van der Waals surface area contributed by atoms with Crippen LogP contribution in [-0.4, -0.2) is 44.0 Å². The minimum atomic E-state index is -4.09. The SMILES string of the molecule is N#C/C(=C/c1cn(-c2ccccc2)nc1-c1cccc(S(=O)(=O)N2CCCCC2)c1)S(=O)(=O)c1ccccc1. The van der Waals surface area contributed by atoms with E-state index in [-0.39, 0.29) is 9.79 Å². The molecule has 1 aromatic heterocycles. The summed E-state index contributed by atoms with van der Waals surface area (Å²) in [6.45, 7) is 0.956. The van der Waals surface area contributed by atoms with Crippen LogP contribution in [-0.2, 0) is 19.9 Å². The van der Waals surface area contributed by atoms with Crippen molar-refractivity contribution in [1.82, 2.24) is 14.1 Å². The number of nitriles is 1. The van der Waals surface area contributed by atoms with Crippen molar-refractivity contribution in [2.75, 3.05) is 13.1 Å². The standard InChI is InChI=1S/C29H26N4O4S2/c30-21-28(38(34,35)26-14-6-2-7-15-26)20-24-22-33(25-12-4-1-5-13-25)31-29(24)23-11-10-16-27(19-23)39(36,37)32-17-8-3-9-18-32/h1-2,4-7,10-16,19-20,22H,3,8-9,17-18H2/b28-20-. The van der Waals surface area contributed by atoms with E-state index >= 15 is 0 Å². The maximum absolute atomic E-state index is 13.4. The van der Waals surface area contributed by atoms with Gasteiger partial charge >= 0.3 is 0 Å². The number of sulfone groups is 1. The lowest BCUT2D eigenvalue weighted by molar-refractivity contribution is 0.346. The molecule has 3 aromatic carbocycles. The molecule has 0 amide bonds. The Balaban J connectivity index is 1.64. The summed E-state index contributed by atoms with van der Waals surface area (Å²) in [5, 5.41) is 14.5. The summed E-state index contributed by atoms with van der Waals surface area (Å²) < 4.78 is 56.3. The minimum Gasteiger partial charge on any atom is -0.240 e. The molecule has 0 radical (unpaired) electrons. The van der Waals surface area contributed by atoms with Crippen LogP contribution in [0.4, 0.5) is 0 Å². The highest BCUT2D eigenvalue weighted by Gasteiger charge is 2.27. The van der Waals surface area contributed by atoms with Gasteiger partial charge in [0.1, 0.15) is 16.7 Å². The molecule has 2 heterocycles. The molecule has 0 saturated carbocycles. The van der Waals surface area contributed by atoms with E-state index in [2.05, 4.69) is 5.10 Å². The van der Waals surface area contributed by atoms with E-state index in [0.29, 0.717) is 29.9 Å². The van der Waals surface area contributed by atoms with E-state index < -0.39 is 24.8 Å². The summed E-state index contributed by atoms with van der Waals surface area (Å²) in [6, 6.07) is 25.3. The summed E-state index contributed by atoms with van der Waals surface area (Å²) in [5.74, 6) is 0. The second-order valence-corrected chi connectivity index (χ2v) is 13.0. The molecule has 0 N–H and O–H groups in total. The molecular formula is C29H26N4O4S2. The van der Waals surface area contributed by atoms with Crippen LogP contribution < -0.4 is 0 Å². The molecule has 1 fully saturated rings. The van der Waals surface area contributed by atoms with E-state index in [0.717, 1.165) is 24.9 Å². The fourth-order valence-corrected chi connectivity index (χ4v) is 7.26. The van der Waals surface area contributed by atoms with Gasteiger partial charge in [0.25, 0.3) is 0 Å². The molecule has 0 unspecified atom stereocenters. The van der Waals surface area contributed by atoms with Gasteiger partial charge in [-0.3, -0.25) is 0 Å². The predicted molar refractivity (Wildman–Crippen MR) is 149 cm³/mol. The Labute approximate surface area is 228 Å². The number of piperidine rings is 1. The van der Waals surface area contributed by atoms with Crippen molar-refractivity contribution in [3.8, 4) is 23.0 Å². The lowest BCUT2D eigenvalue weighted by Gasteiger charge is -2.26. The maximum Gasteiger partial charge on any atom is 0.243 e. The molecule has 0 bridgehead atoms. The van der Waals surface area contributed by atoms with Crippen molar-refractivity contribution < 1.29 is 16.8 Å². The Morgan fingerprint density at radius 1 is 0.821 bits per heavy atom. The molecule has 10 heteroatoms. The van der Waals surface area contributed by atoms with Gasteiger partial charge in [0, 0.05) is 30.4 Å². The Morgan fingerprint density at radius 3 is 2.13 bits per heavy atom. The first-order valence-corrected chi connectivity index (χ1v) is 15.4. The zero-order valence-electron chi connectivity index (χ0n) is 21.0. The first-order valence-electron chi connectivity index (χ1n) is 12.5. The Morgan fingerprint density at radius 2 is 1.46 bits per heavy atom. The molecule has 0 spiro atoms. The quantitative estimate of drug-likeness (QED) is 0.293. The van der Waals surface area contributed by atoms with Gasteiger partial charge in [0.05, 0.1) is 15.5 Å². The average Bonchev–Trinajstić information content (AvgIpc) is 3.41. The number of nitrogens with zero attached hydrogens (tertiary/aromatic N) is 4. The molecule has 1 aliphatic heterocycles. The monoisotopic (exact) mass is 558 g/mol. The number of allylic oxidation sites excluding steroid dienone is 1. The second-order valence-electron chi connectivity index (χ2n) is 9.14. The lowest BCUT2D eigenvalue weighted by atomic mass is 10.1. The van der Waals surface area contributed by atoms with Crippen LogP contribution in [0.3, 0.4) is 0 Å². The van der Waals surface area contributed by atoms with Gasteiger partial charge in [0.2, 0.25) is 19.9 Å². The highest BCUT2D eigenvalue weighted by atomic mass is 32.2. The maximum atomic E-state index is 13.4. The third-order valence-electron chi connectivity index (χ3n) is 6.56. The number of para-hydroxylation sites is 1. The fraction of sp³-hybridized carbons (Fsp3) is 0.172. The van der Waals surface area contributed by atoms with Crippen molar-refractivity contribution in [1.29, 1.82) is 5.26 Å². The molecule has 1 saturated heterocycles. The van der Waals surface area contributed by atoms with E-state index in [9.17, 15) is 22.1 Å². The van der Waals surface area contributed by atoms with Gasteiger partial charge in [-0.25, -0.2) is 21.5 Å². The highest BCUT2D eigenvalue weighted by molar-refractivity contribution is 7.95.